The molecule has 2 aromatic rings. The molecule has 5 heteroatoms. The van der Waals surface area contributed by atoms with Crippen LogP contribution >= 0.6 is 0 Å². The van der Waals surface area contributed by atoms with Gasteiger partial charge >= 0.3 is 0 Å². The number of hydrogen-bond acceptors (Lipinski definition) is 3. The predicted molar refractivity (Wildman–Crippen MR) is 122 cm³/mol. The number of anilines is 1. The van der Waals surface area contributed by atoms with Crippen LogP contribution in [0.25, 0.3) is 5.57 Å². The molecule has 164 valence electrons. The minimum absolute atomic E-state index is 0.0248. The van der Waals surface area contributed by atoms with Gasteiger partial charge < -0.3 is 10.0 Å². The quantitative estimate of drug-likeness (QED) is 0.767. The third-order valence-electron chi connectivity index (χ3n) is 6.31. The molecule has 2 heterocycles. The van der Waals surface area contributed by atoms with Crippen molar-refractivity contribution >= 4 is 17.2 Å². The maximum atomic E-state index is 13.1. The van der Waals surface area contributed by atoms with Crippen molar-refractivity contribution in [1.82, 2.24) is 4.90 Å². The second kappa shape index (κ2) is 9.33. The molecule has 0 saturated heterocycles. The molecule has 2 aliphatic heterocycles. The van der Waals surface area contributed by atoms with E-state index in [1.54, 1.807) is 0 Å². The van der Waals surface area contributed by atoms with E-state index in [4.69, 9.17) is 0 Å². The molecule has 1 N–H and O–H groups in total. The molecule has 0 unspecified atom stereocenters. The van der Waals surface area contributed by atoms with Crippen LogP contribution in [0.15, 0.2) is 48.5 Å². The SMILES string of the molecule is CC(C)C(=O)N1CCCc2cc([C@@H](O)CN3CC=C(c4ccc(F)cc4)CC3)ccc21. The van der Waals surface area contributed by atoms with Crippen LogP contribution in [-0.4, -0.2) is 42.1 Å². The Hall–Kier alpha value is -2.50. The minimum Gasteiger partial charge on any atom is -0.387 e. The van der Waals surface area contributed by atoms with Crippen molar-refractivity contribution in [2.24, 2.45) is 5.92 Å². The van der Waals surface area contributed by atoms with Crippen molar-refractivity contribution in [2.75, 3.05) is 31.1 Å². The zero-order valence-corrected chi connectivity index (χ0v) is 18.4. The number of carbonyl (C=O) groups excluding carboxylic acids is 1. The predicted octanol–water partition coefficient (Wildman–Crippen LogP) is 4.58. The Morgan fingerprint density at radius 2 is 1.87 bits per heavy atom. The van der Waals surface area contributed by atoms with Crippen LogP contribution < -0.4 is 4.90 Å². The fourth-order valence-electron chi connectivity index (χ4n) is 4.52. The normalized spacial score (nSPS) is 18.0. The summed E-state index contributed by atoms with van der Waals surface area (Å²) in [5.74, 6) is -0.0823. The summed E-state index contributed by atoms with van der Waals surface area (Å²) in [6.07, 6.45) is 4.38. The lowest BCUT2D eigenvalue weighted by atomic mass is 9.95. The molecular formula is C26H31FN2O2. The summed E-state index contributed by atoms with van der Waals surface area (Å²) in [5.41, 5.74) is 5.34. The van der Waals surface area contributed by atoms with Crippen LogP contribution in [0.4, 0.5) is 10.1 Å². The number of fused-ring (bicyclic) bond motifs is 1. The Morgan fingerprint density at radius 1 is 1.10 bits per heavy atom. The lowest BCUT2D eigenvalue weighted by molar-refractivity contribution is -0.121. The maximum Gasteiger partial charge on any atom is 0.229 e. The number of nitrogens with zero attached hydrogens (tertiary/aromatic N) is 2. The first kappa shape index (κ1) is 21.7. The number of β-amino-alcohol motifs (C(OH)–C–C–N with tert-alkyl or cyclic N) is 1. The number of hydrogen-bond donors (Lipinski definition) is 1. The third-order valence-corrected chi connectivity index (χ3v) is 6.31. The monoisotopic (exact) mass is 422 g/mol. The van der Waals surface area contributed by atoms with Gasteiger partial charge in [0, 0.05) is 37.8 Å². The third kappa shape index (κ3) is 4.89. The molecule has 4 rings (SSSR count). The smallest absolute Gasteiger partial charge is 0.229 e. The Kier molecular flexibility index (Phi) is 6.54. The summed E-state index contributed by atoms with van der Waals surface area (Å²) >= 11 is 0. The fourth-order valence-corrected chi connectivity index (χ4v) is 4.52. The number of aliphatic hydroxyl groups excluding tert-OH is 1. The van der Waals surface area contributed by atoms with Gasteiger partial charge in [0.25, 0.3) is 0 Å². The Bertz CT molecular complexity index is 968. The first-order chi connectivity index (χ1) is 14.9. The first-order valence-electron chi connectivity index (χ1n) is 11.2. The van der Waals surface area contributed by atoms with Gasteiger partial charge in [0.1, 0.15) is 5.82 Å². The van der Waals surface area contributed by atoms with E-state index in [9.17, 15) is 14.3 Å². The van der Waals surface area contributed by atoms with Gasteiger partial charge in [-0.1, -0.05) is 44.2 Å². The summed E-state index contributed by atoms with van der Waals surface area (Å²) in [5, 5.41) is 10.9. The van der Waals surface area contributed by atoms with E-state index < -0.39 is 6.10 Å². The van der Waals surface area contributed by atoms with E-state index in [2.05, 4.69) is 17.0 Å². The maximum absolute atomic E-state index is 13.1. The van der Waals surface area contributed by atoms with Crippen LogP contribution in [0.5, 0.6) is 0 Å². The summed E-state index contributed by atoms with van der Waals surface area (Å²) in [7, 11) is 0. The molecule has 31 heavy (non-hydrogen) atoms. The second-order valence-electron chi connectivity index (χ2n) is 8.90. The fraction of sp³-hybridized carbons (Fsp3) is 0.423. The van der Waals surface area contributed by atoms with Crippen molar-refractivity contribution in [1.29, 1.82) is 0 Å². The zero-order chi connectivity index (χ0) is 22.0. The van der Waals surface area contributed by atoms with Gasteiger partial charge in [-0.25, -0.2) is 4.39 Å². The van der Waals surface area contributed by atoms with Crippen molar-refractivity contribution in [3.05, 3.63) is 71.0 Å². The largest absolute Gasteiger partial charge is 0.387 e. The minimum atomic E-state index is -0.567. The lowest BCUT2D eigenvalue weighted by Crippen LogP contribution is -2.38. The molecule has 4 nitrogen and oxygen atoms in total. The van der Waals surface area contributed by atoms with Crippen molar-refractivity contribution in [2.45, 2.75) is 39.2 Å². The lowest BCUT2D eigenvalue weighted by Gasteiger charge is -2.32. The highest BCUT2D eigenvalue weighted by atomic mass is 19.1. The van der Waals surface area contributed by atoms with Crippen molar-refractivity contribution in [3.8, 4) is 0 Å². The number of benzene rings is 2. The summed E-state index contributed by atoms with van der Waals surface area (Å²) in [4.78, 5) is 16.7. The molecule has 2 aromatic carbocycles. The number of carbonyl (C=O) groups is 1. The molecule has 0 bridgehead atoms. The molecule has 0 radical (unpaired) electrons. The number of aliphatic hydroxyl groups is 1. The molecule has 0 spiro atoms. The molecule has 0 aromatic heterocycles. The molecule has 1 amide bonds. The van der Waals surface area contributed by atoms with E-state index in [1.807, 2.05) is 43.0 Å². The number of amides is 1. The van der Waals surface area contributed by atoms with Gasteiger partial charge in [0.15, 0.2) is 0 Å². The van der Waals surface area contributed by atoms with Gasteiger partial charge in [-0.15, -0.1) is 0 Å². The highest BCUT2D eigenvalue weighted by Crippen LogP contribution is 2.31. The van der Waals surface area contributed by atoms with E-state index in [0.717, 1.165) is 61.3 Å². The molecule has 0 saturated carbocycles. The average molecular weight is 423 g/mol. The van der Waals surface area contributed by atoms with Gasteiger partial charge in [0.2, 0.25) is 5.91 Å². The average Bonchev–Trinajstić information content (AvgIpc) is 2.78. The van der Waals surface area contributed by atoms with Gasteiger partial charge in [-0.2, -0.15) is 0 Å². The van der Waals surface area contributed by atoms with Crippen LogP contribution in [0.2, 0.25) is 0 Å². The number of aryl methyl sites for hydroxylation is 1. The van der Waals surface area contributed by atoms with E-state index in [-0.39, 0.29) is 17.6 Å². The molecule has 0 fully saturated rings. The summed E-state index contributed by atoms with van der Waals surface area (Å²) in [6.45, 7) is 6.84. The zero-order valence-electron chi connectivity index (χ0n) is 18.4. The number of rotatable bonds is 5. The topological polar surface area (TPSA) is 43.8 Å². The van der Waals surface area contributed by atoms with Gasteiger partial charge in [-0.3, -0.25) is 9.69 Å². The van der Waals surface area contributed by atoms with Crippen LogP contribution in [0.1, 0.15) is 49.5 Å². The van der Waals surface area contributed by atoms with Crippen molar-refractivity contribution < 1.29 is 14.3 Å². The number of halogens is 1. The molecule has 1 atom stereocenters. The highest BCUT2D eigenvalue weighted by molar-refractivity contribution is 5.95. The Morgan fingerprint density at radius 3 is 2.55 bits per heavy atom. The van der Waals surface area contributed by atoms with Gasteiger partial charge in [-0.05, 0) is 59.7 Å². The van der Waals surface area contributed by atoms with E-state index >= 15 is 0 Å². The van der Waals surface area contributed by atoms with Gasteiger partial charge in [0.05, 0.1) is 6.10 Å². The van der Waals surface area contributed by atoms with Crippen LogP contribution in [0, 0.1) is 11.7 Å². The molecular weight excluding hydrogens is 391 g/mol. The Labute approximate surface area is 184 Å². The van der Waals surface area contributed by atoms with Crippen molar-refractivity contribution in [3.63, 3.8) is 0 Å². The first-order valence-corrected chi connectivity index (χ1v) is 11.2. The van der Waals surface area contributed by atoms with Crippen LogP contribution in [0.3, 0.4) is 0 Å². The van der Waals surface area contributed by atoms with Crippen LogP contribution in [-0.2, 0) is 11.2 Å². The Balaban J connectivity index is 1.41. The van der Waals surface area contributed by atoms with E-state index in [1.165, 1.54) is 17.7 Å². The summed E-state index contributed by atoms with van der Waals surface area (Å²) < 4.78 is 13.1. The second-order valence-corrected chi connectivity index (χ2v) is 8.90. The molecule has 2 aliphatic rings. The standard InChI is InChI=1S/C26H31FN2O2/c1-18(2)26(31)29-13-3-4-21-16-22(7-10-24(21)29)25(30)17-28-14-11-20(12-15-28)19-5-8-23(27)9-6-19/h5-11,16,18,25,30H,3-4,12-15,17H2,1-2H3/t25-/m0/s1. The summed E-state index contributed by atoms with van der Waals surface area (Å²) in [6, 6.07) is 12.7. The van der Waals surface area contributed by atoms with E-state index in [0.29, 0.717) is 6.54 Å². The molecule has 0 aliphatic carbocycles. The highest BCUT2D eigenvalue weighted by Gasteiger charge is 2.25.